The Balaban J connectivity index is 1.74. The topological polar surface area (TPSA) is 82.1 Å². The van der Waals surface area contributed by atoms with Gasteiger partial charge in [0, 0.05) is 10.6 Å². The van der Waals surface area contributed by atoms with Crippen molar-refractivity contribution in [1.29, 1.82) is 0 Å². The van der Waals surface area contributed by atoms with Crippen LogP contribution in [0.4, 0.5) is 4.79 Å². The fourth-order valence-corrected chi connectivity index (χ4v) is 4.06. The molecule has 0 radical (unpaired) electrons. The van der Waals surface area contributed by atoms with E-state index in [4.69, 9.17) is 25.8 Å². The van der Waals surface area contributed by atoms with Gasteiger partial charge in [-0.3, -0.25) is 19.3 Å². The van der Waals surface area contributed by atoms with E-state index in [0.29, 0.717) is 35.1 Å². The molecule has 3 rings (SSSR count). The Morgan fingerprint density at radius 1 is 1.12 bits per heavy atom. The molecule has 1 saturated heterocycles. The third-order valence-corrected chi connectivity index (χ3v) is 6.25. The fraction of sp³-hybridized carbons (Fsp3) is 0.320. The van der Waals surface area contributed by atoms with E-state index in [0.717, 1.165) is 22.2 Å². The highest BCUT2D eigenvalue weighted by molar-refractivity contribution is 8.18. The minimum atomic E-state index is -0.614. The molecular weight excluding hydrogens is 478 g/mol. The molecular formula is C25H26ClNO6S. The van der Waals surface area contributed by atoms with Crippen molar-refractivity contribution < 1.29 is 28.6 Å². The first-order valence-electron chi connectivity index (χ1n) is 10.9. The Kier molecular flexibility index (Phi) is 9.01. The molecule has 0 aromatic heterocycles. The van der Waals surface area contributed by atoms with Crippen LogP contribution >= 0.6 is 23.4 Å². The second-order valence-corrected chi connectivity index (χ2v) is 8.90. The summed E-state index contributed by atoms with van der Waals surface area (Å²) in [6.07, 6.45) is 1.96. The van der Waals surface area contributed by atoms with Gasteiger partial charge >= 0.3 is 5.97 Å². The number of halogens is 1. The first kappa shape index (κ1) is 25.6. The van der Waals surface area contributed by atoms with Gasteiger partial charge < -0.3 is 14.2 Å². The van der Waals surface area contributed by atoms with Gasteiger partial charge in [-0.2, -0.15) is 0 Å². The Bertz CT molecular complexity index is 1100. The molecule has 0 unspecified atom stereocenters. The molecule has 1 atom stereocenters. The van der Waals surface area contributed by atoms with E-state index in [-0.39, 0.29) is 17.6 Å². The maximum atomic E-state index is 12.7. The molecule has 2 aromatic rings. The van der Waals surface area contributed by atoms with Crippen LogP contribution in [0.5, 0.6) is 11.5 Å². The number of rotatable bonds is 10. The molecule has 180 valence electrons. The van der Waals surface area contributed by atoms with Crippen LogP contribution in [0, 0.1) is 0 Å². The van der Waals surface area contributed by atoms with E-state index in [1.165, 1.54) is 0 Å². The van der Waals surface area contributed by atoms with Crippen LogP contribution in [-0.2, 0) is 20.9 Å². The van der Waals surface area contributed by atoms with Crippen molar-refractivity contribution in [3.8, 4) is 11.5 Å². The first-order valence-corrected chi connectivity index (χ1v) is 12.1. The zero-order valence-corrected chi connectivity index (χ0v) is 20.8. The number of carbonyl (C=O) groups is 3. The summed E-state index contributed by atoms with van der Waals surface area (Å²) in [5.41, 5.74) is 1.50. The maximum Gasteiger partial charge on any atom is 0.326 e. The van der Waals surface area contributed by atoms with Crippen LogP contribution in [0.15, 0.2) is 47.4 Å². The summed E-state index contributed by atoms with van der Waals surface area (Å²) < 4.78 is 16.8. The smallest absolute Gasteiger partial charge is 0.326 e. The zero-order valence-electron chi connectivity index (χ0n) is 19.2. The van der Waals surface area contributed by atoms with Crippen molar-refractivity contribution in [2.24, 2.45) is 0 Å². The number of hydrogen-bond acceptors (Lipinski definition) is 7. The summed E-state index contributed by atoms with van der Waals surface area (Å²) in [6.45, 7) is 5.76. The number of carbonyl (C=O) groups excluding carboxylic acids is 3. The number of imide groups is 1. The SMILES string of the molecule is CCOc1cc(/C=C2/SC(=O)N(CC(=O)O[C@H](C)CC)C2=O)ccc1OCc1ccccc1Cl. The first-order chi connectivity index (χ1) is 16.3. The van der Waals surface area contributed by atoms with E-state index in [1.54, 1.807) is 37.3 Å². The Morgan fingerprint density at radius 2 is 1.88 bits per heavy atom. The predicted molar refractivity (Wildman–Crippen MR) is 132 cm³/mol. The fourth-order valence-electron chi connectivity index (χ4n) is 3.03. The lowest BCUT2D eigenvalue weighted by molar-refractivity contribution is -0.150. The lowest BCUT2D eigenvalue weighted by Gasteiger charge is -2.15. The monoisotopic (exact) mass is 503 g/mol. The van der Waals surface area contributed by atoms with Gasteiger partial charge in [-0.15, -0.1) is 0 Å². The third kappa shape index (κ3) is 6.55. The molecule has 1 fully saturated rings. The highest BCUT2D eigenvalue weighted by Gasteiger charge is 2.36. The molecule has 0 N–H and O–H groups in total. The van der Waals surface area contributed by atoms with Crippen LogP contribution in [0.1, 0.15) is 38.3 Å². The van der Waals surface area contributed by atoms with E-state index in [2.05, 4.69) is 0 Å². The summed E-state index contributed by atoms with van der Waals surface area (Å²) in [4.78, 5) is 38.2. The second kappa shape index (κ2) is 11.9. The average molecular weight is 504 g/mol. The maximum absolute atomic E-state index is 12.7. The van der Waals surface area contributed by atoms with E-state index in [1.807, 2.05) is 32.0 Å². The van der Waals surface area contributed by atoms with Gasteiger partial charge in [0.1, 0.15) is 13.2 Å². The van der Waals surface area contributed by atoms with Crippen molar-refractivity contribution in [1.82, 2.24) is 4.90 Å². The summed E-state index contributed by atoms with van der Waals surface area (Å²) >= 11 is 6.98. The highest BCUT2D eigenvalue weighted by atomic mass is 35.5. The molecule has 0 bridgehead atoms. The molecule has 0 spiro atoms. The van der Waals surface area contributed by atoms with E-state index < -0.39 is 23.7 Å². The molecule has 1 heterocycles. The van der Waals surface area contributed by atoms with Crippen molar-refractivity contribution in [3.63, 3.8) is 0 Å². The molecule has 0 saturated carbocycles. The molecule has 0 aliphatic carbocycles. The Labute approximate surface area is 208 Å². The lowest BCUT2D eigenvalue weighted by atomic mass is 10.1. The van der Waals surface area contributed by atoms with Crippen molar-refractivity contribution in [2.75, 3.05) is 13.2 Å². The Morgan fingerprint density at radius 3 is 2.59 bits per heavy atom. The molecule has 7 nitrogen and oxygen atoms in total. The zero-order chi connectivity index (χ0) is 24.7. The minimum absolute atomic E-state index is 0.216. The number of thioether (sulfide) groups is 1. The standard InChI is InChI=1S/C25H26ClNO6S/c1-4-16(3)33-23(28)14-27-24(29)22(34-25(27)30)13-17-10-11-20(21(12-17)31-5-2)32-15-18-8-6-7-9-19(18)26/h6-13,16H,4-5,14-15H2,1-3H3/b22-13+/t16-/m1/s1. The molecule has 34 heavy (non-hydrogen) atoms. The van der Waals surface area contributed by atoms with Crippen LogP contribution in [-0.4, -0.2) is 41.3 Å². The number of benzene rings is 2. The molecule has 1 aliphatic heterocycles. The van der Waals surface area contributed by atoms with Crippen molar-refractivity contribution in [2.45, 2.75) is 39.9 Å². The van der Waals surface area contributed by atoms with Gasteiger partial charge in [-0.05, 0) is 61.9 Å². The van der Waals surface area contributed by atoms with Gasteiger partial charge in [0.2, 0.25) is 0 Å². The van der Waals surface area contributed by atoms with Gasteiger partial charge in [-0.1, -0.05) is 42.8 Å². The number of ether oxygens (including phenoxy) is 3. The van der Waals surface area contributed by atoms with Crippen LogP contribution in [0.3, 0.4) is 0 Å². The minimum Gasteiger partial charge on any atom is -0.490 e. The molecule has 2 amide bonds. The summed E-state index contributed by atoms with van der Waals surface area (Å²) in [6, 6.07) is 12.6. The molecule has 1 aliphatic rings. The Hall–Kier alpha value is -2.97. The van der Waals surface area contributed by atoms with Crippen LogP contribution < -0.4 is 9.47 Å². The predicted octanol–water partition coefficient (Wildman–Crippen LogP) is 5.70. The van der Waals surface area contributed by atoms with Gasteiger partial charge in [-0.25, -0.2) is 0 Å². The average Bonchev–Trinajstić information content (AvgIpc) is 3.06. The molecule has 2 aromatic carbocycles. The summed E-state index contributed by atoms with van der Waals surface area (Å²) in [5, 5.41) is 0.0999. The summed E-state index contributed by atoms with van der Waals surface area (Å²) in [7, 11) is 0. The third-order valence-electron chi connectivity index (χ3n) is 4.97. The van der Waals surface area contributed by atoms with Gasteiger partial charge in [0.15, 0.2) is 11.5 Å². The number of hydrogen-bond donors (Lipinski definition) is 0. The largest absolute Gasteiger partial charge is 0.490 e. The van der Waals surface area contributed by atoms with Crippen LogP contribution in [0.25, 0.3) is 6.08 Å². The van der Waals surface area contributed by atoms with Gasteiger partial charge in [0.25, 0.3) is 11.1 Å². The quantitative estimate of drug-likeness (QED) is 0.304. The van der Waals surface area contributed by atoms with Gasteiger partial charge in [0.05, 0.1) is 17.6 Å². The van der Waals surface area contributed by atoms with E-state index >= 15 is 0 Å². The highest BCUT2D eigenvalue weighted by Crippen LogP contribution is 2.35. The summed E-state index contributed by atoms with van der Waals surface area (Å²) in [5.74, 6) is -0.121. The molecule has 9 heteroatoms. The lowest BCUT2D eigenvalue weighted by Crippen LogP contribution is -2.35. The van der Waals surface area contributed by atoms with Crippen LogP contribution in [0.2, 0.25) is 5.02 Å². The van der Waals surface area contributed by atoms with Crippen molar-refractivity contribution >= 4 is 46.6 Å². The normalized spacial score (nSPS) is 15.5. The second-order valence-electron chi connectivity index (χ2n) is 7.50. The number of nitrogens with zero attached hydrogens (tertiary/aromatic N) is 1. The number of amides is 2. The number of esters is 1. The van der Waals surface area contributed by atoms with E-state index in [9.17, 15) is 14.4 Å². The van der Waals surface area contributed by atoms with Crippen molar-refractivity contribution in [3.05, 3.63) is 63.5 Å².